The van der Waals surface area contributed by atoms with E-state index in [0.29, 0.717) is 111 Å². The van der Waals surface area contributed by atoms with Crippen molar-refractivity contribution < 1.29 is 110 Å². The number of hydrogen-bond acceptors (Lipinski definition) is 23. The normalized spacial score (nSPS) is 16.2. The van der Waals surface area contributed by atoms with Crippen molar-refractivity contribution in [2.24, 2.45) is 76.9 Å². The summed E-state index contributed by atoms with van der Waals surface area (Å²) < 4.78 is 10.7. The van der Waals surface area contributed by atoms with E-state index in [4.69, 9.17) is 27.2 Å². The number of alkyl carbamates (subject to hydrolysis) is 1. The Kier molecular flexibility index (Phi) is 63.9. The minimum Gasteiger partial charge on any atom is -0.464 e. The highest BCUT2D eigenvalue weighted by Crippen LogP contribution is 2.52. The first-order chi connectivity index (χ1) is 65.7. The maximum absolute atomic E-state index is 11.7. The van der Waals surface area contributed by atoms with Gasteiger partial charge in [0, 0.05) is 187 Å². The molecule has 2 unspecified atom stereocenters. The number of amides is 11. The summed E-state index contributed by atoms with van der Waals surface area (Å²) in [6.07, 6.45) is 30.3. The van der Waals surface area contributed by atoms with E-state index in [-0.39, 0.29) is 169 Å². The highest BCUT2D eigenvalue weighted by molar-refractivity contribution is 6.14. The fraction of sp³-hybridized carbons (Fsp3) is 0.613. The molecular weight excluding hydrogens is 1790 g/mol. The summed E-state index contributed by atoms with van der Waals surface area (Å²) in [6.45, 7) is 50.3. The van der Waals surface area contributed by atoms with Crippen LogP contribution < -0.4 is 5.32 Å². The number of hydroxylamine groups is 4. The van der Waals surface area contributed by atoms with Crippen molar-refractivity contribution in [3.63, 3.8) is 0 Å². The number of nitrogens with zero attached hydrogens (tertiary/aromatic N) is 5. The van der Waals surface area contributed by atoms with Gasteiger partial charge in [0.15, 0.2) is 0 Å². The van der Waals surface area contributed by atoms with Crippen molar-refractivity contribution in [1.82, 2.24) is 30.1 Å². The molecule has 3 aliphatic carbocycles. The lowest BCUT2D eigenvalue weighted by atomic mass is 9.98. The number of nitrogens with one attached hydrogen (secondary N) is 1. The highest BCUT2D eigenvalue weighted by Gasteiger charge is 2.49. The van der Waals surface area contributed by atoms with Crippen LogP contribution in [0.2, 0.25) is 0 Å². The zero-order valence-electron chi connectivity index (χ0n) is 88.2. The second kappa shape index (κ2) is 69.8. The maximum atomic E-state index is 11.7. The molecule has 1 N–H and O–H groups in total. The number of imide groups is 5. The number of carbonyl (C=O) groups is 19. The number of hydrogen-bond donors (Lipinski definition) is 1. The predicted molar refractivity (Wildman–Crippen MR) is 539 cm³/mol. The Morgan fingerprint density at radius 3 is 1.17 bits per heavy atom. The number of fused-ring (bicyclic) bond motifs is 4. The van der Waals surface area contributed by atoms with Gasteiger partial charge in [-0.25, -0.2) is 14.4 Å². The zero-order valence-corrected chi connectivity index (χ0v) is 88.2. The van der Waals surface area contributed by atoms with Crippen molar-refractivity contribution >= 4 is 112 Å². The molecule has 1 saturated carbocycles. The van der Waals surface area contributed by atoms with Gasteiger partial charge in [0.05, 0.1) is 18.9 Å². The minimum absolute atomic E-state index is 0.00629. The smallest absolute Gasteiger partial charge is 0.407 e. The van der Waals surface area contributed by atoms with Gasteiger partial charge in [0.25, 0.3) is 59.1 Å². The Morgan fingerprint density at radius 2 is 0.800 bits per heavy atom. The number of terminal acetylenes is 2. The molecular formula is C111H162N6O23. The summed E-state index contributed by atoms with van der Waals surface area (Å²) >= 11 is 0. The highest BCUT2D eigenvalue weighted by atomic mass is 16.7. The fourth-order valence-electron chi connectivity index (χ4n) is 13.6. The lowest BCUT2D eigenvalue weighted by molar-refractivity contribution is -0.198. The third-order valence-electron chi connectivity index (χ3n) is 21.7. The molecule has 10 rings (SSSR count). The second-order valence-electron chi connectivity index (χ2n) is 39.1. The van der Waals surface area contributed by atoms with Crippen LogP contribution in [0.25, 0.3) is 11.1 Å². The third-order valence-corrected chi connectivity index (χ3v) is 21.7. The number of esters is 1. The molecule has 4 atom stereocenters. The molecule has 0 bridgehead atoms. The van der Waals surface area contributed by atoms with E-state index in [1.807, 2.05) is 144 Å². The van der Waals surface area contributed by atoms with Crippen LogP contribution in [0.5, 0.6) is 0 Å². The van der Waals surface area contributed by atoms with Crippen molar-refractivity contribution in [3.05, 3.63) is 96.1 Å². The fourth-order valence-corrected chi connectivity index (χ4v) is 13.6. The van der Waals surface area contributed by atoms with Crippen LogP contribution in [-0.4, -0.2) is 175 Å². The molecule has 140 heavy (non-hydrogen) atoms. The summed E-state index contributed by atoms with van der Waals surface area (Å²) in [5.41, 5.74) is 5.03. The van der Waals surface area contributed by atoms with Crippen LogP contribution in [0, 0.1) is 113 Å². The van der Waals surface area contributed by atoms with Gasteiger partial charge >= 0.3 is 24.0 Å². The van der Waals surface area contributed by atoms with Gasteiger partial charge in [-0.05, 0) is 123 Å². The third kappa shape index (κ3) is 52.4. The molecule has 3 fully saturated rings. The van der Waals surface area contributed by atoms with Crippen LogP contribution in [0.4, 0.5) is 4.79 Å². The van der Waals surface area contributed by atoms with Crippen LogP contribution in [0.1, 0.15) is 338 Å². The number of rotatable bonds is 36. The Balaban J connectivity index is 0.00000156. The SMILES string of the molecule is C#CC(C)C.C#CCCCC(=O)C(C)C.CC(C)C.CC(C)C.CC(C)C(=O)CCCCC(=O)ON1C(=O)CCC1=O.CC(C)C(=O)CCCCCN1C(=O)C=CC1=O.CC(C)C(=O)CCNC(=O)OCC1[C@H]2CCC#CCC[C@@H]12.CC(C)C(=O)OCC1c2ccccc2-c2ccccc21.CC(C)CC(=O)ON1C(=O)CCC1=O.CC(C)N1C(=O)C=CC1=O.CCC(CC(=O)C(C)C)N1C(=O)C=CC1=O. The minimum atomic E-state index is -0.611. The summed E-state index contributed by atoms with van der Waals surface area (Å²) in [7, 11) is 0. The molecule has 5 heterocycles. The Bertz CT molecular complexity index is 4500. The van der Waals surface area contributed by atoms with E-state index < -0.39 is 41.7 Å². The number of ketones is 5. The molecule has 0 aromatic heterocycles. The summed E-state index contributed by atoms with van der Waals surface area (Å²) in [6, 6.07) is 16.4. The summed E-state index contributed by atoms with van der Waals surface area (Å²) in [5, 5.41) is 3.77. The predicted octanol–water partition coefficient (Wildman–Crippen LogP) is 18.7. The first-order valence-electron chi connectivity index (χ1n) is 49.7. The van der Waals surface area contributed by atoms with Crippen molar-refractivity contribution in [2.75, 3.05) is 26.3 Å². The average Bonchev–Trinajstić information content (AvgIpc) is 1.64. The van der Waals surface area contributed by atoms with Crippen molar-refractivity contribution in [1.29, 1.82) is 0 Å². The van der Waals surface area contributed by atoms with Gasteiger partial charge in [-0.3, -0.25) is 91.4 Å². The van der Waals surface area contributed by atoms with Gasteiger partial charge in [0.1, 0.15) is 35.5 Å². The first-order valence-corrected chi connectivity index (χ1v) is 49.7. The molecule has 0 radical (unpaired) electrons. The standard InChI is InChI=1S/C18H18O2.C17H25NO3.C13H19NO5.C13H19NO3.C12H17NO3.C9H13NO4.C9H14O.C7H9NO2.C5H8.2C4H10/c1-12(2)18(19)20-11-17-15-9-5-3-7-13(15)14-8-4-6-10-16(14)17;1-12(2)16(19)9-10-18-17(20)21-11-15-13-7-5-3-4-6-8-14(13)15;1-9(2)10(15)5-3-4-6-13(18)19-14-11(16)7-8-12(14)17;1-10(2)11(15)6-4-3-5-9-14-12(16)7-8-13(14)17;1-4-9(7-10(14)8(2)3)13-11(15)5-6-12(13)16;1-6(2)5-9(13)14-10-7(11)3-4-8(10)12;1-4-5-6-7-9(10)8(2)3;1-5(2)8-6(9)3-4-7(8)10;1-4-5(2)3;2*1-4(2)3/h3-10,12,17H,11H2,1-2H3;12-15H,5-11H2,1-2H3,(H,18,20);9H,3-8H2,1-2H3;7-8,10H,3-6,9H2,1-2H3;5-6,8-9H,4,7H2,1-3H3;6H,3-5H2,1-2H3;1,8H,5-7H2,2-3H3;3-5H,1-2H3;1,5H,2-3H3;2*4H,1-3H3/t;13-,14+,15?;;;;;;;;;. The van der Waals surface area contributed by atoms with Crippen LogP contribution in [-0.2, 0) is 105 Å². The molecule has 11 amide bonds. The zero-order chi connectivity index (χ0) is 107. The van der Waals surface area contributed by atoms with Crippen LogP contribution in [0.15, 0.2) is 85.0 Å². The number of benzene rings is 2. The van der Waals surface area contributed by atoms with Crippen LogP contribution >= 0.6 is 0 Å². The quantitative estimate of drug-likeness (QED) is 0.0286. The molecule has 2 aromatic carbocycles. The monoisotopic (exact) mass is 1950 g/mol. The Morgan fingerprint density at radius 1 is 0.429 bits per heavy atom. The number of unbranched alkanes of at least 4 members (excludes halogenated alkanes) is 4. The van der Waals surface area contributed by atoms with Crippen molar-refractivity contribution in [2.45, 2.75) is 339 Å². The molecule has 5 aliphatic heterocycles. The molecule has 774 valence electrons. The first kappa shape index (κ1) is 128. The lowest BCUT2D eigenvalue weighted by Gasteiger charge is -2.25. The number of ether oxygens (including phenoxy) is 2. The van der Waals surface area contributed by atoms with Gasteiger partial charge in [-0.2, -0.15) is 0 Å². The van der Waals surface area contributed by atoms with Gasteiger partial charge in [-0.1, -0.05) is 214 Å². The second-order valence-corrected chi connectivity index (χ2v) is 39.1. The van der Waals surface area contributed by atoms with Gasteiger partial charge in [-0.15, -0.1) is 46.7 Å². The van der Waals surface area contributed by atoms with Crippen LogP contribution in [0.3, 0.4) is 0 Å². The Hall–Kier alpha value is -11.9. The summed E-state index contributed by atoms with van der Waals surface area (Å²) in [4.78, 5) is 227. The van der Waals surface area contributed by atoms with E-state index in [9.17, 15) is 91.1 Å². The van der Waals surface area contributed by atoms with E-state index >= 15 is 0 Å². The lowest BCUT2D eigenvalue weighted by Crippen LogP contribution is -2.41. The topological polar surface area (TPSA) is 389 Å². The van der Waals surface area contributed by atoms with E-state index in [1.54, 1.807) is 0 Å². The number of Topliss-reactive ketones (excluding diaryl/α,β-unsaturated/α-hetero) is 5. The summed E-state index contributed by atoms with van der Waals surface area (Å²) in [5.74, 6) is 12.2. The van der Waals surface area contributed by atoms with E-state index in [0.717, 1.165) is 69.6 Å². The average molecular weight is 1950 g/mol. The van der Waals surface area contributed by atoms with Gasteiger partial charge < -0.3 is 24.5 Å². The van der Waals surface area contributed by atoms with Crippen molar-refractivity contribution in [3.8, 4) is 47.7 Å². The molecule has 0 spiro atoms. The molecule has 29 heteroatoms. The largest absolute Gasteiger partial charge is 0.464 e. The van der Waals surface area contributed by atoms with Gasteiger partial charge in [0.2, 0.25) is 0 Å². The molecule has 29 nitrogen and oxygen atoms in total. The molecule has 2 saturated heterocycles. The molecule has 8 aliphatic rings. The Labute approximate surface area is 833 Å². The molecule has 2 aromatic rings. The van der Waals surface area contributed by atoms with E-state index in [1.165, 1.54) is 73.4 Å². The maximum Gasteiger partial charge on any atom is 0.407 e. The van der Waals surface area contributed by atoms with E-state index in [2.05, 4.69) is 112 Å². The number of carbonyl (C=O) groups excluding carboxylic acids is 19.